The van der Waals surface area contributed by atoms with Crippen LogP contribution in [0.1, 0.15) is 18.7 Å². The molecule has 1 aromatic rings. The van der Waals surface area contributed by atoms with Crippen LogP contribution in [0.25, 0.3) is 0 Å². The fourth-order valence-electron chi connectivity index (χ4n) is 1.78. The smallest absolute Gasteiger partial charge is 0.105 e. The highest BCUT2D eigenvalue weighted by Gasteiger charge is 2.30. The average Bonchev–Trinajstić information content (AvgIpc) is 2.88. The minimum Gasteiger partial charge on any atom is -0.334 e. The van der Waals surface area contributed by atoms with E-state index >= 15 is 0 Å². The van der Waals surface area contributed by atoms with Gasteiger partial charge in [-0.2, -0.15) is 0 Å². The second kappa shape index (κ2) is 3.50. The number of nitrogens with zero attached hydrogens (tertiary/aromatic N) is 2. The lowest BCUT2D eigenvalue weighted by Gasteiger charge is -2.16. The molecule has 3 heteroatoms. The van der Waals surface area contributed by atoms with Gasteiger partial charge in [-0.3, -0.25) is 0 Å². The molecule has 13 heavy (non-hydrogen) atoms. The zero-order chi connectivity index (χ0) is 9.26. The van der Waals surface area contributed by atoms with E-state index in [2.05, 4.69) is 35.0 Å². The SMILES string of the molecule is CNC(Cn1ccnc1C)C1CC1. The minimum absolute atomic E-state index is 0.632. The van der Waals surface area contributed by atoms with Crippen LogP contribution >= 0.6 is 0 Å². The van der Waals surface area contributed by atoms with E-state index in [0.717, 1.165) is 18.3 Å². The lowest BCUT2D eigenvalue weighted by atomic mass is 10.2. The van der Waals surface area contributed by atoms with Crippen molar-refractivity contribution < 1.29 is 0 Å². The summed E-state index contributed by atoms with van der Waals surface area (Å²) in [5.74, 6) is 2.01. The Morgan fingerprint density at radius 1 is 1.69 bits per heavy atom. The molecule has 1 aliphatic carbocycles. The van der Waals surface area contributed by atoms with Crippen molar-refractivity contribution in [3.63, 3.8) is 0 Å². The van der Waals surface area contributed by atoms with Crippen LogP contribution < -0.4 is 5.32 Å². The Balaban J connectivity index is 1.99. The number of aryl methyl sites for hydroxylation is 1. The van der Waals surface area contributed by atoms with Gasteiger partial charge in [-0.1, -0.05) is 0 Å². The maximum absolute atomic E-state index is 4.22. The first-order valence-corrected chi connectivity index (χ1v) is 4.96. The summed E-state index contributed by atoms with van der Waals surface area (Å²) in [6.45, 7) is 3.12. The number of likely N-dealkylation sites (N-methyl/N-ethyl adjacent to an activating group) is 1. The van der Waals surface area contributed by atoms with Crippen molar-refractivity contribution in [1.82, 2.24) is 14.9 Å². The Kier molecular flexibility index (Phi) is 2.36. The molecule has 1 fully saturated rings. The summed E-state index contributed by atoms with van der Waals surface area (Å²) in [6.07, 6.45) is 6.70. The molecule has 0 aliphatic heterocycles. The quantitative estimate of drug-likeness (QED) is 0.752. The predicted molar refractivity (Wildman–Crippen MR) is 52.5 cm³/mol. The zero-order valence-electron chi connectivity index (χ0n) is 8.33. The molecule has 1 unspecified atom stereocenters. The molecule has 1 heterocycles. The topological polar surface area (TPSA) is 29.9 Å². The van der Waals surface area contributed by atoms with Gasteiger partial charge in [-0.05, 0) is 32.7 Å². The third-order valence-electron chi connectivity index (χ3n) is 2.88. The summed E-state index contributed by atoms with van der Waals surface area (Å²) in [6, 6.07) is 0.632. The second-order valence-corrected chi connectivity index (χ2v) is 3.86. The van der Waals surface area contributed by atoms with Gasteiger partial charge in [0.05, 0.1) is 0 Å². The summed E-state index contributed by atoms with van der Waals surface area (Å²) in [5.41, 5.74) is 0. The maximum Gasteiger partial charge on any atom is 0.105 e. The molecule has 1 aliphatic rings. The van der Waals surface area contributed by atoms with Gasteiger partial charge in [0.1, 0.15) is 5.82 Å². The van der Waals surface area contributed by atoms with Crippen molar-refractivity contribution in [2.45, 2.75) is 32.4 Å². The number of imidazole rings is 1. The highest BCUT2D eigenvalue weighted by molar-refractivity contribution is 4.93. The molecule has 0 amide bonds. The molecule has 0 spiro atoms. The molecule has 3 nitrogen and oxygen atoms in total. The fraction of sp³-hybridized carbons (Fsp3) is 0.700. The molecule has 0 saturated heterocycles. The van der Waals surface area contributed by atoms with E-state index in [-0.39, 0.29) is 0 Å². The van der Waals surface area contributed by atoms with E-state index in [9.17, 15) is 0 Å². The third-order valence-corrected chi connectivity index (χ3v) is 2.88. The van der Waals surface area contributed by atoms with Crippen molar-refractivity contribution in [3.05, 3.63) is 18.2 Å². The molecular weight excluding hydrogens is 162 g/mol. The van der Waals surface area contributed by atoms with Gasteiger partial charge >= 0.3 is 0 Å². The molecule has 0 aromatic carbocycles. The van der Waals surface area contributed by atoms with Crippen molar-refractivity contribution in [1.29, 1.82) is 0 Å². The van der Waals surface area contributed by atoms with Crippen molar-refractivity contribution >= 4 is 0 Å². The molecular formula is C10H17N3. The molecule has 0 bridgehead atoms. The van der Waals surface area contributed by atoms with E-state index in [4.69, 9.17) is 0 Å². The normalized spacial score (nSPS) is 18.9. The third kappa shape index (κ3) is 1.91. The minimum atomic E-state index is 0.632. The van der Waals surface area contributed by atoms with Crippen LogP contribution in [0, 0.1) is 12.8 Å². The van der Waals surface area contributed by atoms with Gasteiger partial charge < -0.3 is 9.88 Å². The van der Waals surface area contributed by atoms with E-state index in [1.165, 1.54) is 12.8 Å². The molecule has 72 valence electrons. The first-order chi connectivity index (χ1) is 6.31. The highest BCUT2D eigenvalue weighted by Crippen LogP contribution is 2.33. The summed E-state index contributed by atoms with van der Waals surface area (Å²) >= 11 is 0. The van der Waals surface area contributed by atoms with E-state index < -0.39 is 0 Å². The van der Waals surface area contributed by atoms with E-state index in [1.54, 1.807) is 0 Å². The van der Waals surface area contributed by atoms with Crippen LogP contribution in [-0.4, -0.2) is 22.6 Å². The Morgan fingerprint density at radius 2 is 2.46 bits per heavy atom. The summed E-state index contributed by atoms with van der Waals surface area (Å²) < 4.78 is 2.22. The Hall–Kier alpha value is -0.830. The van der Waals surface area contributed by atoms with Gasteiger partial charge in [-0.15, -0.1) is 0 Å². The lowest BCUT2D eigenvalue weighted by molar-refractivity contribution is 0.431. The van der Waals surface area contributed by atoms with E-state index in [0.29, 0.717) is 6.04 Å². The van der Waals surface area contributed by atoms with Crippen LogP contribution in [0.3, 0.4) is 0 Å². The Labute approximate surface area is 79.2 Å². The van der Waals surface area contributed by atoms with Crippen LogP contribution in [0.5, 0.6) is 0 Å². The fourth-order valence-corrected chi connectivity index (χ4v) is 1.78. The van der Waals surface area contributed by atoms with Crippen molar-refractivity contribution in [2.24, 2.45) is 5.92 Å². The van der Waals surface area contributed by atoms with E-state index in [1.807, 2.05) is 6.20 Å². The summed E-state index contributed by atoms with van der Waals surface area (Å²) in [5, 5.41) is 3.38. The molecule has 1 aromatic heterocycles. The first kappa shape index (κ1) is 8.75. The number of aromatic nitrogens is 2. The van der Waals surface area contributed by atoms with Gasteiger partial charge in [0, 0.05) is 25.0 Å². The van der Waals surface area contributed by atoms with Gasteiger partial charge in [0.15, 0.2) is 0 Å². The average molecular weight is 179 g/mol. The molecule has 1 saturated carbocycles. The van der Waals surface area contributed by atoms with Crippen LogP contribution in [0.2, 0.25) is 0 Å². The largest absolute Gasteiger partial charge is 0.334 e. The molecule has 1 atom stereocenters. The first-order valence-electron chi connectivity index (χ1n) is 4.96. The lowest BCUT2D eigenvalue weighted by Crippen LogP contribution is -2.32. The number of hydrogen-bond donors (Lipinski definition) is 1. The van der Waals surface area contributed by atoms with Gasteiger partial charge in [-0.25, -0.2) is 4.98 Å². The highest BCUT2D eigenvalue weighted by atomic mass is 15.1. The van der Waals surface area contributed by atoms with Crippen LogP contribution in [0.15, 0.2) is 12.4 Å². The van der Waals surface area contributed by atoms with Crippen LogP contribution in [0.4, 0.5) is 0 Å². The number of rotatable bonds is 4. The monoisotopic (exact) mass is 179 g/mol. The maximum atomic E-state index is 4.22. The Bertz CT molecular complexity index is 275. The van der Waals surface area contributed by atoms with Crippen LogP contribution in [-0.2, 0) is 6.54 Å². The zero-order valence-corrected chi connectivity index (χ0v) is 8.33. The molecule has 1 N–H and O–H groups in total. The van der Waals surface area contributed by atoms with Gasteiger partial charge in [0.2, 0.25) is 0 Å². The summed E-state index contributed by atoms with van der Waals surface area (Å²) in [4.78, 5) is 4.22. The van der Waals surface area contributed by atoms with Crippen molar-refractivity contribution in [2.75, 3.05) is 7.05 Å². The molecule has 2 rings (SSSR count). The van der Waals surface area contributed by atoms with Crippen molar-refractivity contribution in [3.8, 4) is 0 Å². The predicted octanol–water partition coefficient (Wildman–Crippen LogP) is 1.19. The standard InChI is InChI=1S/C10H17N3/c1-8-12-5-6-13(8)7-10(11-2)9-3-4-9/h5-6,9-11H,3-4,7H2,1-2H3. The number of nitrogens with one attached hydrogen (secondary N) is 1. The summed E-state index contributed by atoms with van der Waals surface area (Å²) in [7, 11) is 2.05. The Morgan fingerprint density at radius 3 is 2.92 bits per heavy atom. The second-order valence-electron chi connectivity index (χ2n) is 3.86. The molecule has 0 radical (unpaired) electrons. The number of hydrogen-bond acceptors (Lipinski definition) is 2. The van der Waals surface area contributed by atoms with Gasteiger partial charge in [0.25, 0.3) is 0 Å².